The van der Waals surface area contributed by atoms with Crippen molar-refractivity contribution in [2.45, 2.75) is 32.5 Å². The van der Waals surface area contributed by atoms with E-state index in [0.29, 0.717) is 18.1 Å². The van der Waals surface area contributed by atoms with Crippen LogP contribution < -0.4 is 5.32 Å². The van der Waals surface area contributed by atoms with Crippen molar-refractivity contribution in [2.75, 3.05) is 13.1 Å². The molecule has 3 rings (SSSR count). The number of β-amino-alcohol motifs (C(OH)–C–C–N with tert-alkyl or cyclic N) is 1. The number of rotatable bonds is 5. The molecule has 0 radical (unpaired) electrons. The van der Waals surface area contributed by atoms with Crippen molar-refractivity contribution in [3.8, 4) is 0 Å². The van der Waals surface area contributed by atoms with Crippen LogP contribution >= 0.6 is 11.6 Å². The van der Waals surface area contributed by atoms with Crippen LogP contribution in [0.1, 0.15) is 39.9 Å². The molecule has 7 nitrogen and oxygen atoms in total. The summed E-state index contributed by atoms with van der Waals surface area (Å²) in [6.07, 6.45) is 0.0558. The molecule has 138 valence electrons. The number of aliphatic hydroxyl groups excluding tert-OH is 1. The molecular formula is C18H21ClN4O3. The molecule has 2 N–H and O–H groups in total. The van der Waals surface area contributed by atoms with Crippen molar-refractivity contribution < 1.29 is 14.7 Å². The summed E-state index contributed by atoms with van der Waals surface area (Å²) in [4.78, 5) is 26.7. The number of nitrogens with zero attached hydrogens (tertiary/aromatic N) is 3. The fraction of sp³-hybridized carbons (Fsp3) is 0.389. The summed E-state index contributed by atoms with van der Waals surface area (Å²) < 4.78 is 1.39. The van der Waals surface area contributed by atoms with Crippen molar-refractivity contribution in [3.05, 3.63) is 52.3 Å². The number of carbonyl (C=O) groups excluding carboxylic acids is 2. The highest BCUT2D eigenvalue weighted by molar-refractivity contribution is 6.30. The number of aliphatic hydroxyl groups is 1. The maximum Gasteiger partial charge on any atom is 0.274 e. The monoisotopic (exact) mass is 376 g/mol. The molecule has 26 heavy (non-hydrogen) atoms. The van der Waals surface area contributed by atoms with Crippen LogP contribution in [0.25, 0.3) is 0 Å². The minimum atomic E-state index is -0.735. The Morgan fingerprint density at radius 1 is 1.46 bits per heavy atom. The summed E-state index contributed by atoms with van der Waals surface area (Å²) in [6, 6.07) is 8.85. The fourth-order valence-corrected chi connectivity index (χ4v) is 3.16. The van der Waals surface area contributed by atoms with Gasteiger partial charge in [0, 0.05) is 30.7 Å². The highest BCUT2D eigenvalue weighted by Crippen LogP contribution is 2.16. The average Bonchev–Trinajstić information content (AvgIpc) is 2.97. The van der Waals surface area contributed by atoms with Gasteiger partial charge in [-0.2, -0.15) is 5.10 Å². The predicted octanol–water partition coefficient (Wildman–Crippen LogP) is 1.69. The number of hydrogen-bond acceptors (Lipinski definition) is 4. The quantitative estimate of drug-likeness (QED) is 0.831. The molecule has 0 unspecified atom stereocenters. The normalized spacial score (nSPS) is 16.6. The second-order valence-corrected chi connectivity index (χ2v) is 6.75. The number of benzene rings is 1. The van der Waals surface area contributed by atoms with Gasteiger partial charge in [-0.3, -0.25) is 14.3 Å². The molecule has 0 spiro atoms. The van der Waals surface area contributed by atoms with Gasteiger partial charge in [0.2, 0.25) is 0 Å². The maximum absolute atomic E-state index is 12.9. The van der Waals surface area contributed by atoms with E-state index in [1.165, 1.54) is 10.7 Å². The third-order valence-electron chi connectivity index (χ3n) is 4.16. The van der Waals surface area contributed by atoms with Gasteiger partial charge in [0.25, 0.3) is 11.8 Å². The maximum atomic E-state index is 12.9. The van der Waals surface area contributed by atoms with Gasteiger partial charge in [-0.15, -0.1) is 0 Å². The second kappa shape index (κ2) is 7.88. The molecule has 2 heterocycles. The number of halogens is 1. The summed E-state index contributed by atoms with van der Waals surface area (Å²) in [5.41, 5.74) is 1.40. The molecule has 0 aliphatic carbocycles. The molecule has 1 atom stereocenters. The van der Waals surface area contributed by atoms with E-state index in [-0.39, 0.29) is 36.3 Å². The Labute approximate surface area is 156 Å². The van der Waals surface area contributed by atoms with E-state index in [4.69, 9.17) is 11.6 Å². The summed E-state index contributed by atoms with van der Waals surface area (Å²) >= 11 is 6.03. The summed E-state index contributed by atoms with van der Waals surface area (Å²) in [6.45, 7) is 3.29. The molecule has 2 aromatic rings. The summed E-state index contributed by atoms with van der Waals surface area (Å²) in [5, 5.41) is 17.3. The minimum Gasteiger partial charge on any atom is -0.389 e. The van der Waals surface area contributed by atoms with Crippen molar-refractivity contribution >= 4 is 23.4 Å². The molecule has 8 heteroatoms. The summed E-state index contributed by atoms with van der Waals surface area (Å²) in [5.74, 6) is -0.598. The Kier molecular flexibility index (Phi) is 5.58. The highest BCUT2D eigenvalue weighted by Gasteiger charge is 2.26. The van der Waals surface area contributed by atoms with Crippen LogP contribution in [0.15, 0.2) is 30.3 Å². The number of aromatic nitrogens is 2. The van der Waals surface area contributed by atoms with E-state index in [0.717, 1.165) is 12.0 Å². The Balaban J connectivity index is 1.84. The van der Waals surface area contributed by atoms with Crippen molar-refractivity contribution in [2.24, 2.45) is 0 Å². The van der Waals surface area contributed by atoms with Gasteiger partial charge in [-0.05, 0) is 24.1 Å². The van der Waals surface area contributed by atoms with Crippen molar-refractivity contribution in [1.82, 2.24) is 20.0 Å². The Morgan fingerprint density at radius 2 is 2.27 bits per heavy atom. The minimum absolute atomic E-state index is 0.169. The smallest absolute Gasteiger partial charge is 0.274 e. The zero-order valence-electron chi connectivity index (χ0n) is 14.5. The first-order chi connectivity index (χ1) is 12.5. The number of fused-ring (bicyclic) bond motifs is 1. The van der Waals surface area contributed by atoms with E-state index >= 15 is 0 Å². The lowest BCUT2D eigenvalue weighted by atomic mass is 10.2. The SMILES string of the molecule is CCCN(Cc1cccc(Cl)c1)C(=O)c1cc2n(n1)C[C@H](O)CNC2=O. The zero-order valence-corrected chi connectivity index (χ0v) is 15.2. The average molecular weight is 377 g/mol. The highest BCUT2D eigenvalue weighted by atomic mass is 35.5. The Bertz CT molecular complexity index is 821. The lowest BCUT2D eigenvalue weighted by Crippen LogP contribution is -2.32. The van der Waals surface area contributed by atoms with Gasteiger partial charge in [0.15, 0.2) is 5.69 Å². The van der Waals surface area contributed by atoms with Gasteiger partial charge >= 0.3 is 0 Å². The summed E-state index contributed by atoms with van der Waals surface area (Å²) in [7, 11) is 0. The zero-order chi connectivity index (χ0) is 18.7. The van der Waals surface area contributed by atoms with Gasteiger partial charge in [-0.25, -0.2) is 0 Å². The largest absolute Gasteiger partial charge is 0.389 e. The molecule has 1 aromatic carbocycles. The van der Waals surface area contributed by atoms with E-state index in [2.05, 4.69) is 10.4 Å². The number of carbonyl (C=O) groups is 2. The van der Waals surface area contributed by atoms with Crippen molar-refractivity contribution in [1.29, 1.82) is 0 Å². The van der Waals surface area contributed by atoms with Crippen LogP contribution in [0, 0.1) is 0 Å². The van der Waals surface area contributed by atoms with E-state index < -0.39 is 6.10 Å². The van der Waals surface area contributed by atoms with Crippen LogP contribution in [-0.4, -0.2) is 50.8 Å². The molecule has 0 bridgehead atoms. The first-order valence-corrected chi connectivity index (χ1v) is 8.93. The lowest BCUT2D eigenvalue weighted by molar-refractivity contribution is 0.0735. The van der Waals surface area contributed by atoms with Gasteiger partial charge in [0.05, 0.1) is 12.6 Å². The molecular weight excluding hydrogens is 356 g/mol. The van der Waals surface area contributed by atoms with Gasteiger partial charge in [-0.1, -0.05) is 30.7 Å². The number of nitrogens with one attached hydrogen (secondary N) is 1. The van der Waals surface area contributed by atoms with Crippen LogP contribution in [0.3, 0.4) is 0 Å². The third-order valence-corrected chi connectivity index (χ3v) is 4.39. The van der Waals surface area contributed by atoms with E-state index in [1.807, 2.05) is 25.1 Å². The molecule has 0 fully saturated rings. The molecule has 1 aliphatic rings. The lowest BCUT2D eigenvalue weighted by Gasteiger charge is -2.21. The van der Waals surface area contributed by atoms with Gasteiger partial charge < -0.3 is 15.3 Å². The third kappa shape index (κ3) is 4.05. The topological polar surface area (TPSA) is 87.5 Å². The number of hydrogen-bond donors (Lipinski definition) is 2. The van der Waals surface area contributed by atoms with Crippen LogP contribution in [-0.2, 0) is 13.1 Å². The van der Waals surface area contributed by atoms with Crippen LogP contribution in [0.5, 0.6) is 0 Å². The van der Waals surface area contributed by atoms with Crippen molar-refractivity contribution in [3.63, 3.8) is 0 Å². The first kappa shape index (κ1) is 18.4. The predicted molar refractivity (Wildman–Crippen MR) is 97.1 cm³/mol. The molecule has 0 saturated heterocycles. The molecule has 1 aliphatic heterocycles. The molecule has 2 amide bonds. The van der Waals surface area contributed by atoms with Gasteiger partial charge in [0.1, 0.15) is 5.69 Å². The standard InChI is InChI=1S/C18H21ClN4O3/c1-2-6-22(10-12-4-3-5-13(19)7-12)18(26)15-8-16-17(25)20-9-14(24)11-23(16)21-15/h3-5,7-8,14,24H,2,6,9-11H2,1H3,(H,20,25)/t14-/m1/s1. The van der Waals surface area contributed by atoms with E-state index in [9.17, 15) is 14.7 Å². The first-order valence-electron chi connectivity index (χ1n) is 8.55. The Morgan fingerprint density at radius 3 is 3.00 bits per heavy atom. The number of amides is 2. The molecule has 0 saturated carbocycles. The molecule has 1 aromatic heterocycles. The Hall–Kier alpha value is -2.38. The van der Waals surface area contributed by atoms with Crippen LogP contribution in [0.2, 0.25) is 5.02 Å². The second-order valence-electron chi connectivity index (χ2n) is 6.32. The van der Waals surface area contributed by atoms with Crippen LogP contribution in [0.4, 0.5) is 0 Å². The fourth-order valence-electron chi connectivity index (χ4n) is 2.95. The van der Waals surface area contributed by atoms with E-state index in [1.54, 1.807) is 11.0 Å².